The van der Waals surface area contributed by atoms with Gasteiger partial charge in [-0.2, -0.15) is 0 Å². The van der Waals surface area contributed by atoms with Gasteiger partial charge in [0.2, 0.25) is 5.91 Å². The molecule has 2 heterocycles. The van der Waals surface area contributed by atoms with Crippen LogP contribution in [0.15, 0.2) is 65.1 Å². The first-order chi connectivity index (χ1) is 15.0. The molecule has 1 saturated heterocycles. The van der Waals surface area contributed by atoms with Crippen LogP contribution in [0.2, 0.25) is 0 Å². The van der Waals surface area contributed by atoms with Crippen molar-refractivity contribution in [2.75, 3.05) is 13.1 Å². The van der Waals surface area contributed by atoms with Gasteiger partial charge in [-0.3, -0.25) is 4.79 Å². The van der Waals surface area contributed by atoms with Crippen LogP contribution in [0, 0.1) is 5.92 Å². The van der Waals surface area contributed by atoms with Crippen LogP contribution < -0.4 is 10.6 Å². The van der Waals surface area contributed by atoms with Crippen molar-refractivity contribution in [2.45, 2.75) is 38.8 Å². The van der Waals surface area contributed by atoms with E-state index < -0.39 is 0 Å². The molecule has 0 bridgehead atoms. The second kappa shape index (κ2) is 9.25. The van der Waals surface area contributed by atoms with Crippen LogP contribution in [-0.4, -0.2) is 36.0 Å². The molecule has 6 heteroatoms. The van der Waals surface area contributed by atoms with Gasteiger partial charge in [-0.1, -0.05) is 48.5 Å². The lowest BCUT2D eigenvalue weighted by atomic mass is 9.96. The van der Waals surface area contributed by atoms with Gasteiger partial charge in [-0.05, 0) is 44.4 Å². The summed E-state index contributed by atoms with van der Waals surface area (Å²) in [5, 5.41) is 7.11. The Bertz CT molecular complexity index is 1010. The van der Waals surface area contributed by atoms with Gasteiger partial charge in [0.05, 0.1) is 5.92 Å². The van der Waals surface area contributed by atoms with Crippen molar-refractivity contribution in [1.82, 2.24) is 15.5 Å². The van der Waals surface area contributed by atoms with Crippen LogP contribution in [0.5, 0.6) is 0 Å². The molecular formula is C25H29N3O3. The predicted octanol–water partition coefficient (Wildman–Crippen LogP) is 4.47. The van der Waals surface area contributed by atoms with Gasteiger partial charge >= 0.3 is 6.03 Å². The number of urea groups is 1. The average molecular weight is 420 g/mol. The zero-order chi connectivity index (χ0) is 21.8. The Morgan fingerprint density at radius 3 is 2.52 bits per heavy atom. The molecule has 2 N–H and O–H groups in total. The average Bonchev–Trinajstić information content (AvgIpc) is 3.21. The number of piperidine rings is 1. The minimum Gasteiger partial charge on any atom is -0.459 e. The van der Waals surface area contributed by atoms with Crippen LogP contribution in [0.25, 0.3) is 11.0 Å². The lowest BCUT2D eigenvalue weighted by Gasteiger charge is -2.33. The Morgan fingerprint density at radius 2 is 1.77 bits per heavy atom. The monoisotopic (exact) mass is 419 g/mol. The van der Waals surface area contributed by atoms with Gasteiger partial charge in [0, 0.05) is 24.5 Å². The number of hydrogen-bond donors (Lipinski definition) is 2. The number of amides is 3. The molecule has 0 saturated carbocycles. The number of nitrogens with one attached hydrogen (secondary N) is 2. The fourth-order valence-corrected chi connectivity index (χ4v) is 4.08. The van der Waals surface area contributed by atoms with Crippen LogP contribution in [0.1, 0.15) is 44.1 Å². The summed E-state index contributed by atoms with van der Waals surface area (Å²) in [5.41, 5.74) is 1.75. The largest absolute Gasteiger partial charge is 0.459 e. The highest BCUT2D eigenvalue weighted by atomic mass is 16.3. The molecule has 0 unspecified atom stereocenters. The van der Waals surface area contributed by atoms with E-state index in [0.29, 0.717) is 18.8 Å². The third-order valence-corrected chi connectivity index (χ3v) is 5.64. The highest BCUT2D eigenvalue weighted by Crippen LogP contribution is 2.29. The highest BCUT2D eigenvalue weighted by molar-refractivity contribution is 5.82. The molecule has 3 amide bonds. The Kier molecular flexibility index (Phi) is 6.26. The number of likely N-dealkylation sites (tertiary alicyclic amines) is 1. The van der Waals surface area contributed by atoms with E-state index in [1.807, 2.05) is 74.5 Å². The molecule has 0 radical (unpaired) electrons. The normalized spacial score (nSPS) is 17.5. The van der Waals surface area contributed by atoms with Gasteiger partial charge in [-0.25, -0.2) is 4.79 Å². The second-order valence-corrected chi connectivity index (χ2v) is 8.43. The summed E-state index contributed by atoms with van der Waals surface area (Å²) < 4.78 is 6.09. The Hall–Kier alpha value is -3.28. The summed E-state index contributed by atoms with van der Waals surface area (Å²) in [6, 6.07) is 19.2. The number of hydrogen-bond acceptors (Lipinski definition) is 3. The number of benzene rings is 2. The van der Waals surface area contributed by atoms with Gasteiger partial charge in [0.15, 0.2) is 0 Å². The molecule has 4 rings (SSSR count). The second-order valence-electron chi connectivity index (χ2n) is 8.43. The number of para-hydroxylation sites is 1. The Labute approximate surface area is 182 Å². The van der Waals surface area contributed by atoms with E-state index in [2.05, 4.69) is 10.6 Å². The first-order valence-electron chi connectivity index (χ1n) is 10.9. The van der Waals surface area contributed by atoms with Crippen molar-refractivity contribution in [2.24, 2.45) is 5.92 Å². The zero-order valence-electron chi connectivity index (χ0n) is 18.0. The standard InChI is InChI=1S/C25H29N3O3/c1-17(2)26-25(30)28-14-8-12-20(16-28)24(29)27-23(18-9-4-3-5-10-18)22-15-19-11-6-7-13-21(19)31-22/h3-7,9-11,13,15,17,20,23H,8,12,14,16H2,1-2H3,(H,26,30)(H,27,29)/t20-,23-/m0/s1. The van der Waals surface area contributed by atoms with Crippen molar-refractivity contribution in [3.05, 3.63) is 72.0 Å². The molecule has 1 aliphatic rings. The maximum Gasteiger partial charge on any atom is 0.317 e. The predicted molar refractivity (Wildman–Crippen MR) is 121 cm³/mol. The van der Waals surface area contributed by atoms with E-state index in [9.17, 15) is 9.59 Å². The third-order valence-electron chi connectivity index (χ3n) is 5.64. The molecule has 2 atom stereocenters. The van der Waals surface area contributed by atoms with Crippen molar-refractivity contribution >= 4 is 22.9 Å². The van der Waals surface area contributed by atoms with E-state index >= 15 is 0 Å². The topological polar surface area (TPSA) is 74.6 Å². The summed E-state index contributed by atoms with van der Waals surface area (Å²) in [6.07, 6.45) is 1.57. The summed E-state index contributed by atoms with van der Waals surface area (Å²) in [4.78, 5) is 27.4. The summed E-state index contributed by atoms with van der Waals surface area (Å²) >= 11 is 0. The molecule has 1 aromatic heterocycles. The maximum absolute atomic E-state index is 13.2. The number of fused-ring (bicyclic) bond motifs is 1. The van der Waals surface area contributed by atoms with E-state index in [-0.39, 0.29) is 29.9 Å². The molecule has 0 spiro atoms. The third kappa shape index (κ3) is 4.90. The van der Waals surface area contributed by atoms with Crippen molar-refractivity contribution in [3.8, 4) is 0 Å². The van der Waals surface area contributed by atoms with E-state index in [0.717, 1.165) is 29.4 Å². The van der Waals surface area contributed by atoms with E-state index in [1.54, 1.807) is 4.90 Å². The lowest BCUT2D eigenvalue weighted by molar-refractivity contribution is -0.126. The Balaban J connectivity index is 1.54. The SMILES string of the molecule is CC(C)NC(=O)N1CCC[C@H](C(=O)N[C@@H](c2ccccc2)c2cc3ccccc3o2)C1. The van der Waals surface area contributed by atoms with E-state index in [4.69, 9.17) is 4.42 Å². The molecule has 0 aliphatic carbocycles. The molecule has 1 aliphatic heterocycles. The number of carbonyl (C=O) groups is 2. The molecule has 2 aromatic carbocycles. The van der Waals surface area contributed by atoms with Gasteiger partial charge < -0.3 is 20.0 Å². The molecular weight excluding hydrogens is 390 g/mol. The van der Waals surface area contributed by atoms with Gasteiger partial charge in [-0.15, -0.1) is 0 Å². The van der Waals surface area contributed by atoms with Crippen molar-refractivity contribution in [3.63, 3.8) is 0 Å². The lowest BCUT2D eigenvalue weighted by Crippen LogP contribution is -2.50. The van der Waals surface area contributed by atoms with E-state index in [1.165, 1.54) is 0 Å². The Morgan fingerprint density at radius 1 is 1.03 bits per heavy atom. The number of rotatable bonds is 5. The molecule has 162 valence electrons. The van der Waals surface area contributed by atoms with Crippen LogP contribution in [0.4, 0.5) is 4.79 Å². The summed E-state index contributed by atoms with van der Waals surface area (Å²) in [7, 11) is 0. The van der Waals surface area contributed by atoms with Crippen LogP contribution in [0.3, 0.4) is 0 Å². The fourth-order valence-electron chi connectivity index (χ4n) is 4.08. The molecule has 1 fully saturated rings. The molecule has 6 nitrogen and oxygen atoms in total. The quantitative estimate of drug-likeness (QED) is 0.641. The number of nitrogens with zero attached hydrogens (tertiary/aromatic N) is 1. The summed E-state index contributed by atoms with van der Waals surface area (Å²) in [6.45, 7) is 4.97. The van der Waals surface area contributed by atoms with Crippen molar-refractivity contribution < 1.29 is 14.0 Å². The first kappa shape index (κ1) is 21.0. The maximum atomic E-state index is 13.2. The minimum atomic E-state index is -0.388. The number of furan rings is 1. The van der Waals surface area contributed by atoms with Gasteiger partial charge in [0.1, 0.15) is 17.4 Å². The highest BCUT2D eigenvalue weighted by Gasteiger charge is 2.31. The van der Waals surface area contributed by atoms with Crippen LogP contribution in [-0.2, 0) is 4.79 Å². The molecule has 3 aromatic rings. The van der Waals surface area contributed by atoms with Crippen molar-refractivity contribution in [1.29, 1.82) is 0 Å². The first-order valence-corrected chi connectivity index (χ1v) is 10.9. The minimum absolute atomic E-state index is 0.0589. The number of carbonyl (C=O) groups excluding carboxylic acids is 2. The molecule has 31 heavy (non-hydrogen) atoms. The van der Waals surface area contributed by atoms with Gasteiger partial charge in [0.25, 0.3) is 0 Å². The fraction of sp³-hybridized carbons (Fsp3) is 0.360. The van der Waals surface area contributed by atoms with Crippen LogP contribution >= 0.6 is 0 Å². The summed E-state index contributed by atoms with van der Waals surface area (Å²) in [5.74, 6) is 0.393. The zero-order valence-corrected chi connectivity index (χ0v) is 18.0. The smallest absolute Gasteiger partial charge is 0.317 e.